The Hall–Kier alpha value is -2.05. The number of ether oxygens (including phenoxy) is 2. The molecular formula is C22H29F3O4. The van der Waals surface area contributed by atoms with Gasteiger partial charge in [-0.15, -0.1) is 0 Å². The van der Waals surface area contributed by atoms with Crippen LogP contribution < -0.4 is 0 Å². The Morgan fingerprint density at radius 2 is 1.66 bits per heavy atom. The van der Waals surface area contributed by atoms with Gasteiger partial charge < -0.3 is 9.47 Å². The van der Waals surface area contributed by atoms with E-state index in [0.29, 0.717) is 6.42 Å². The summed E-state index contributed by atoms with van der Waals surface area (Å²) in [5.74, 6) is -3.30. The predicted octanol–water partition coefficient (Wildman–Crippen LogP) is 5.45. The second-order valence-corrected chi connectivity index (χ2v) is 8.67. The number of rotatable bonds is 9. The summed E-state index contributed by atoms with van der Waals surface area (Å²) in [5.41, 5.74) is -0.0621. The molecule has 162 valence electrons. The van der Waals surface area contributed by atoms with E-state index >= 15 is 0 Å². The maximum atomic E-state index is 12.9. The van der Waals surface area contributed by atoms with Crippen molar-refractivity contribution in [1.29, 1.82) is 0 Å². The van der Waals surface area contributed by atoms with Gasteiger partial charge in [0.25, 0.3) is 0 Å². The van der Waals surface area contributed by atoms with E-state index in [1.807, 2.05) is 6.07 Å². The van der Waals surface area contributed by atoms with Gasteiger partial charge in [-0.1, -0.05) is 43.2 Å². The third-order valence-electron chi connectivity index (χ3n) is 4.74. The van der Waals surface area contributed by atoms with E-state index in [0.717, 1.165) is 18.4 Å². The second-order valence-electron chi connectivity index (χ2n) is 8.67. The minimum atomic E-state index is -4.42. The Balaban J connectivity index is 2.16. The first-order valence-corrected chi connectivity index (χ1v) is 9.95. The molecule has 1 saturated carbocycles. The van der Waals surface area contributed by atoms with Crippen molar-refractivity contribution in [1.82, 2.24) is 0 Å². The van der Waals surface area contributed by atoms with E-state index in [4.69, 9.17) is 9.47 Å². The molecule has 1 aromatic rings. The molecular weight excluding hydrogens is 385 g/mol. The molecule has 0 aliphatic heterocycles. The predicted molar refractivity (Wildman–Crippen MR) is 102 cm³/mol. The van der Waals surface area contributed by atoms with Gasteiger partial charge in [-0.3, -0.25) is 9.59 Å². The van der Waals surface area contributed by atoms with Gasteiger partial charge in [0.05, 0.1) is 11.8 Å². The minimum absolute atomic E-state index is 0.0490. The molecule has 0 aromatic heterocycles. The molecule has 0 bridgehead atoms. The van der Waals surface area contributed by atoms with Crippen molar-refractivity contribution in [2.45, 2.75) is 71.3 Å². The molecule has 2 atom stereocenters. The summed E-state index contributed by atoms with van der Waals surface area (Å²) >= 11 is 0. The zero-order valence-electron chi connectivity index (χ0n) is 17.1. The van der Waals surface area contributed by atoms with Gasteiger partial charge in [-0.25, -0.2) is 0 Å². The fraction of sp³-hybridized carbons (Fsp3) is 0.636. The van der Waals surface area contributed by atoms with Gasteiger partial charge in [-0.05, 0) is 45.1 Å². The lowest BCUT2D eigenvalue weighted by Crippen LogP contribution is -2.37. The van der Waals surface area contributed by atoms with Crippen molar-refractivity contribution in [2.75, 3.05) is 0 Å². The van der Waals surface area contributed by atoms with Crippen LogP contribution in [0.2, 0.25) is 0 Å². The SMILES string of the molecule is CC(C)(C)OC(=O)C(CC1CC1)C(CCC(F)(F)F)C(=O)OCc1ccccc1. The molecule has 0 spiro atoms. The van der Waals surface area contributed by atoms with Crippen molar-refractivity contribution in [3.63, 3.8) is 0 Å². The molecule has 29 heavy (non-hydrogen) atoms. The van der Waals surface area contributed by atoms with Crippen molar-refractivity contribution in [3.8, 4) is 0 Å². The van der Waals surface area contributed by atoms with Crippen LogP contribution in [0.4, 0.5) is 13.2 Å². The quantitative estimate of drug-likeness (QED) is 0.505. The highest BCUT2D eigenvalue weighted by molar-refractivity contribution is 5.82. The maximum Gasteiger partial charge on any atom is 0.389 e. The molecule has 1 fully saturated rings. The monoisotopic (exact) mass is 414 g/mol. The van der Waals surface area contributed by atoms with E-state index in [-0.39, 0.29) is 12.5 Å². The summed E-state index contributed by atoms with van der Waals surface area (Å²) in [5, 5.41) is 0. The molecule has 0 saturated heterocycles. The van der Waals surface area contributed by atoms with Crippen LogP contribution in [0.5, 0.6) is 0 Å². The molecule has 2 rings (SSSR count). The summed E-state index contributed by atoms with van der Waals surface area (Å²) in [7, 11) is 0. The fourth-order valence-corrected chi connectivity index (χ4v) is 3.15. The molecule has 0 amide bonds. The number of esters is 2. The largest absolute Gasteiger partial charge is 0.461 e. The zero-order chi connectivity index (χ0) is 21.7. The molecule has 0 radical (unpaired) electrons. The van der Waals surface area contributed by atoms with Crippen LogP contribution in [0.25, 0.3) is 0 Å². The molecule has 4 nitrogen and oxygen atoms in total. The van der Waals surface area contributed by atoms with Gasteiger partial charge in [-0.2, -0.15) is 13.2 Å². The highest BCUT2D eigenvalue weighted by Gasteiger charge is 2.42. The lowest BCUT2D eigenvalue weighted by atomic mass is 9.84. The summed E-state index contributed by atoms with van der Waals surface area (Å²) in [6.07, 6.45) is -3.90. The fourth-order valence-electron chi connectivity index (χ4n) is 3.15. The third kappa shape index (κ3) is 8.88. The minimum Gasteiger partial charge on any atom is -0.461 e. The second kappa shape index (κ2) is 9.63. The molecule has 1 aromatic carbocycles. The van der Waals surface area contributed by atoms with Crippen LogP contribution in [0.15, 0.2) is 30.3 Å². The van der Waals surface area contributed by atoms with Crippen molar-refractivity contribution < 1.29 is 32.2 Å². The van der Waals surface area contributed by atoms with Gasteiger partial charge >= 0.3 is 18.1 Å². The number of carbonyl (C=O) groups is 2. The normalized spacial score (nSPS) is 16.8. The molecule has 2 unspecified atom stereocenters. The first kappa shape index (κ1) is 23.2. The zero-order valence-corrected chi connectivity index (χ0v) is 17.1. The van der Waals surface area contributed by atoms with Crippen LogP contribution in [0, 0.1) is 17.8 Å². The number of hydrogen-bond acceptors (Lipinski definition) is 4. The van der Waals surface area contributed by atoms with E-state index in [9.17, 15) is 22.8 Å². The molecule has 0 heterocycles. The van der Waals surface area contributed by atoms with Crippen molar-refractivity contribution in [3.05, 3.63) is 35.9 Å². The Morgan fingerprint density at radius 1 is 1.03 bits per heavy atom. The van der Waals surface area contributed by atoms with Crippen LogP contribution in [0.1, 0.15) is 58.4 Å². The van der Waals surface area contributed by atoms with E-state index in [2.05, 4.69) is 0 Å². The standard InChI is InChI=1S/C22H29F3O4/c1-21(2,3)29-20(27)18(13-15-9-10-15)17(11-12-22(23,24)25)19(26)28-14-16-7-5-4-6-8-16/h4-8,15,17-18H,9-14H2,1-3H3. The molecule has 0 N–H and O–H groups in total. The number of benzene rings is 1. The lowest BCUT2D eigenvalue weighted by molar-refractivity contribution is -0.173. The molecule has 7 heteroatoms. The van der Waals surface area contributed by atoms with E-state index < -0.39 is 48.4 Å². The van der Waals surface area contributed by atoms with Gasteiger partial charge in [0.15, 0.2) is 0 Å². The Bertz CT molecular complexity index is 676. The summed E-state index contributed by atoms with van der Waals surface area (Å²) < 4.78 is 49.3. The number of alkyl halides is 3. The average Bonchev–Trinajstić information content (AvgIpc) is 3.41. The van der Waals surface area contributed by atoms with Crippen LogP contribution in [-0.2, 0) is 25.7 Å². The first-order chi connectivity index (χ1) is 13.4. The summed E-state index contributed by atoms with van der Waals surface area (Å²) in [4.78, 5) is 25.5. The Kier molecular flexibility index (Phi) is 7.72. The van der Waals surface area contributed by atoms with Crippen LogP contribution >= 0.6 is 0 Å². The highest BCUT2D eigenvalue weighted by Crippen LogP contribution is 2.40. The van der Waals surface area contributed by atoms with E-state index in [1.54, 1.807) is 45.0 Å². The van der Waals surface area contributed by atoms with Crippen molar-refractivity contribution >= 4 is 11.9 Å². The Morgan fingerprint density at radius 3 is 2.17 bits per heavy atom. The Labute approximate surface area is 169 Å². The maximum absolute atomic E-state index is 12.9. The van der Waals surface area contributed by atoms with E-state index in [1.165, 1.54) is 0 Å². The van der Waals surface area contributed by atoms with Crippen molar-refractivity contribution in [2.24, 2.45) is 17.8 Å². The van der Waals surface area contributed by atoms with Gasteiger partial charge in [0.1, 0.15) is 12.2 Å². The van der Waals surface area contributed by atoms with Crippen LogP contribution in [0.3, 0.4) is 0 Å². The third-order valence-corrected chi connectivity index (χ3v) is 4.74. The van der Waals surface area contributed by atoms with Crippen LogP contribution in [-0.4, -0.2) is 23.7 Å². The lowest BCUT2D eigenvalue weighted by Gasteiger charge is -2.28. The molecule has 1 aliphatic carbocycles. The smallest absolute Gasteiger partial charge is 0.389 e. The number of hydrogen-bond donors (Lipinski definition) is 0. The first-order valence-electron chi connectivity index (χ1n) is 9.95. The topological polar surface area (TPSA) is 52.6 Å². The molecule has 1 aliphatic rings. The van der Waals surface area contributed by atoms with Gasteiger partial charge in [0, 0.05) is 6.42 Å². The number of halogens is 3. The van der Waals surface area contributed by atoms with Gasteiger partial charge in [0.2, 0.25) is 0 Å². The summed E-state index contributed by atoms with van der Waals surface area (Å²) in [6, 6.07) is 8.88. The highest BCUT2D eigenvalue weighted by atomic mass is 19.4. The average molecular weight is 414 g/mol. The summed E-state index contributed by atoms with van der Waals surface area (Å²) in [6.45, 7) is 5.03. The number of carbonyl (C=O) groups excluding carboxylic acids is 2.